The summed E-state index contributed by atoms with van der Waals surface area (Å²) in [5.41, 5.74) is 5.89. The molecular formula is C26H23Cl2N3O2S2. The first-order valence-corrected chi connectivity index (χ1v) is 13.3. The first-order chi connectivity index (χ1) is 16.6. The summed E-state index contributed by atoms with van der Waals surface area (Å²) in [7, 11) is 0. The number of carbonyl (C=O) groups is 2. The number of benzene rings is 3. The van der Waals surface area contributed by atoms with Crippen molar-refractivity contribution in [1.82, 2.24) is 4.98 Å². The minimum Gasteiger partial charge on any atom is -0.325 e. The molecule has 2 amide bonds. The number of aryl methyl sites for hydroxylation is 3. The van der Waals surface area contributed by atoms with Gasteiger partial charge in [0.1, 0.15) is 0 Å². The second-order valence-electron chi connectivity index (χ2n) is 8.26. The molecule has 2 N–H and O–H groups in total. The lowest BCUT2D eigenvalue weighted by Gasteiger charge is -2.15. The van der Waals surface area contributed by atoms with Gasteiger partial charge in [0.15, 0.2) is 4.34 Å². The van der Waals surface area contributed by atoms with Gasteiger partial charge in [-0.25, -0.2) is 4.98 Å². The lowest BCUT2D eigenvalue weighted by Crippen LogP contribution is -2.23. The highest BCUT2D eigenvalue weighted by Gasteiger charge is 2.19. The van der Waals surface area contributed by atoms with Crippen LogP contribution in [-0.2, 0) is 4.79 Å². The third-order valence-electron chi connectivity index (χ3n) is 5.37. The van der Waals surface area contributed by atoms with E-state index in [1.165, 1.54) is 34.7 Å². The molecule has 0 aliphatic carbocycles. The van der Waals surface area contributed by atoms with Gasteiger partial charge in [0.2, 0.25) is 5.91 Å². The lowest BCUT2D eigenvalue weighted by molar-refractivity contribution is -0.115. The molecule has 0 radical (unpaired) electrons. The number of nitrogens with one attached hydrogen (secondary N) is 2. The van der Waals surface area contributed by atoms with Crippen LogP contribution in [-0.4, -0.2) is 22.0 Å². The van der Waals surface area contributed by atoms with Crippen molar-refractivity contribution in [3.8, 4) is 0 Å². The van der Waals surface area contributed by atoms with Gasteiger partial charge >= 0.3 is 0 Å². The molecule has 4 rings (SSSR count). The molecule has 1 aromatic heterocycles. The topological polar surface area (TPSA) is 71.1 Å². The van der Waals surface area contributed by atoms with Crippen molar-refractivity contribution in [3.05, 3.63) is 80.8 Å². The maximum atomic E-state index is 12.9. The molecular weight excluding hydrogens is 521 g/mol. The number of carbonyl (C=O) groups excluding carboxylic acids is 2. The second-order valence-corrected chi connectivity index (χ2v) is 11.7. The zero-order valence-corrected chi connectivity index (χ0v) is 22.7. The van der Waals surface area contributed by atoms with E-state index in [0.29, 0.717) is 16.3 Å². The van der Waals surface area contributed by atoms with Gasteiger partial charge in [0.25, 0.3) is 5.91 Å². The zero-order valence-electron chi connectivity index (χ0n) is 19.5. The molecule has 1 atom stereocenters. The molecule has 0 aliphatic rings. The van der Waals surface area contributed by atoms with Gasteiger partial charge in [-0.15, -0.1) is 11.3 Å². The Morgan fingerprint density at radius 3 is 2.37 bits per heavy atom. The minimum atomic E-state index is -0.332. The van der Waals surface area contributed by atoms with Crippen LogP contribution >= 0.6 is 46.3 Å². The predicted octanol–water partition coefficient (Wildman–Crippen LogP) is 7.90. The number of halogens is 2. The van der Waals surface area contributed by atoms with E-state index in [2.05, 4.69) is 27.8 Å². The number of thiazole rings is 1. The van der Waals surface area contributed by atoms with Gasteiger partial charge < -0.3 is 10.6 Å². The van der Waals surface area contributed by atoms with Crippen LogP contribution < -0.4 is 10.6 Å². The Kier molecular flexibility index (Phi) is 7.71. The second kappa shape index (κ2) is 10.6. The van der Waals surface area contributed by atoms with E-state index in [1.807, 2.05) is 39.8 Å². The van der Waals surface area contributed by atoms with Gasteiger partial charge in [-0.1, -0.05) is 52.7 Å². The fraction of sp³-hybridized carbons (Fsp3) is 0.192. The van der Waals surface area contributed by atoms with Crippen LogP contribution in [0.1, 0.15) is 34.0 Å². The van der Waals surface area contributed by atoms with Crippen LogP contribution in [0, 0.1) is 20.8 Å². The fourth-order valence-electron chi connectivity index (χ4n) is 3.71. The van der Waals surface area contributed by atoms with E-state index in [9.17, 15) is 9.59 Å². The summed E-state index contributed by atoms with van der Waals surface area (Å²) in [4.78, 5) is 30.1. The SMILES string of the molecule is Cc1cc(C)c(NC(=O)[C@H](C)Sc2nc3ccc(NC(=O)c4ccc(Cl)cc4Cl)cc3s2)c(C)c1. The Balaban J connectivity index is 1.45. The summed E-state index contributed by atoms with van der Waals surface area (Å²) in [6.45, 7) is 7.91. The molecule has 35 heavy (non-hydrogen) atoms. The summed E-state index contributed by atoms with van der Waals surface area (Å²) in [5.74, 6) is -0.394. The summed E-state index contributed by atoms with van der Waals surface area (Å²) >= 11 is 15.0. The number of hydrogen-bond acceptors (Lipinski definition) is 5. The number of thioether (sulfide) groups is 1. The number of nitrogens with zero attached hydrogens (tertiary/aromatic N) is 1. The molecule has 0 saturated carbocycles. The van der Waals surface area contributed by atoms with Gasteiger partial charge in [-0.05, 0) is 75.2 Å². The minimum absolute atomic E-state index is 0.0721. The first kappa shape index (κ1) is 25.5. The van der Waals surface area contributed by atoms with Crippen LogP contribution in [0.5, 0.6) is 0 Å². The van der Waals surface area contributed by atoms with Crippen molar-refractivity contribution < 1.29 is 9.59 Å². The molecule has 0 aliphatic heterocycles. The third kappa shape index (κ3) is 5.98. The van der Waals surface area contributed by atoms with E-state index in [1.54, 1.807) is 18.2 Å². The largest absolute Gasteiger partial charge is 0.325 e. The van der Waals surface area contributed by atoms with Crippen molar-refractivity contribution >= 4 is 79.7 Å². The van der Waals surface area contributed by atoms with Gasteiger partial charge in [0, 0.05) is 16.4 Å². The van der Waals surface area contributed by atoms with Crippen molar-refractivity contribution in [2.45, 2.75) is 37.3 Å². The smallest absolute Gasteiger partial charge is 0.257 e. The number of aromatic nitrogens is 1. The average Bonchev–Trinajstić information content (AvgIpc) is 3.17. The van der Waals surface area contributed by atoms with Crippen molar-refractivity contribution in [3.63, 3.8) is 0 Å². The van der Waals surface area contributed by atoms with Gasteiger partial charge in [-0.2, -0.15) is 0 Å². The van der Waals surface area contributed by atoms with E-state index < -0.39 is 0 Å². The zero-order chi connectivity index (χ0) is 25.3. The molecule has 4 aromatic rings. The van der Waals surface area contributed by atoms with Crippen LogP contribution in [0.2, 0.25) is 10.0 Å². The van der Waals surface area contributed by atoms with E-state index in [4.69, 9.17) is 23.2 Å². The van der Waals surface area contributed by atoms with Gasteiger partial charge in [-0.3, -0.25) is 9.59 Å². The number of amides is 2. The third-order valence-corrected chi connectivity index (χ3v) is 8.13. The highest BCUT2D eigenvalue weighted by molar-refractivity contribution is 8.02. The van der Waals surface area contributed by atoms with Crippen molar-refractivity contribution in [2.75, 3.05) is 10.6 Å². The Hall–Kier alpha value is -2.58. The fourth-order valence-corrected chi connectivity index (χ4v) is 6.46. The molecule has 3 aromatic carbocycles. The molecule has 180 valence electrons. The lowest BCUT2D eigenvalue weighted by atomic mass is 10.1. The summed E-state index contributed by atoms with van der Waals surface area (Å²) < 4.78 is 1.69. The molecule has 0 unspecified atom stereocenters. The van der Waals surface area contributed by atoms with Crippen LogP contribution in [0.4, 0.5) is 11.4 Å². The Labute approximate surface area is 222 Å². The quantitative estimate of drug-likeness (QED) is 0.242. The highest BCUT2D eigenvalue weighted by Crippen LogP contribution is 2.34. The number of fused-ring (bicyclic) bond motifs is 1. The maximum absolute atomic E-state index is 12.9. The van der Waals surface area contributed by atoms with E-state index in [-0.39, 0.29) is 22.1 Å². The number of rotatable bonds is 6. The molecule has 5 nitrogen and oxygen atoms in total. The van der Waals surface area contributed by atoms with Crippen LogP contribution in [0.25, 0.3) is 10.2 Å². The molecule has 0 bridgehead atoms. The number of anilines is 2. The summed E-state index contributed by atoms with van der Waals surface area (Å²) in [6, 6.07) is 14.4. The van der Waals surface area contributed by atoms with Crippen LogP contribution in [0.15, 0.2) is 52.9 Å². The Morgan fingerprint density at radius 1 is 0.971 bits per heavy atom. The Morgan fingerprint density at radius 2 is 1.69 bits per heavy atom. The summed E-state index contributed by atoms with van der Waals surface area (Å²) in [5, 5.41) is 6.35. The predicted molar refractivity (Wildman–Crippen MR) is 149 cm³/mol. The summed E-state index contributed by atoms with van der Waals surface area (Å²) in [6.07, 6.45) is 0. The molecule has 9 heteroatoms. The molecule has 0 fully saturated rings. The molecule has 1 heterocycles. The average molecular weight is 545 g/mol. The first-order valence-electron chi connectivity index (χ1n) is 10.8. The monoisotopic (exact) mass is 543 g/mol. The highest BCUT2D eigenvalue weighted by atomic mass is 35.5. The molecule has 0 saturated heterocycles. The van der Waals surface area contributed by atoms with Crippen molar-refractivity contribution in [2.24, 2.45) is 0 Å². The maximum Gasteiger partial charge on any atom is 0.257 e. The van der Waals surface area contributed by atoms with Crippen LogP contribution in [0.3, 0.4) is 0 Å². The van der Waals surface area contributed by atoms with E-state index in [0.717, 1.165) is 31.4 Å². The Bertz CT molecular complexity index is 1430. The number of hydrogen-bond donors (Lipinski definition) is 2. The van der Waals surface area contributed by atoms with Crippen molar-refractivity contribution in [1.29, 1.82) is 0 Å². The van der Waals surface area contributed by atoms with Gasteiger partial charge in [0.05, 0.1) is 26.1 Å². The normalized spacial score (nSPS) is 11.9. The standard InChI is InChI=1S/C26H23Cl2N3O2S2/c1-13-9-14(2)23(15(3)10-13)31-24(32)16(4)34-26-30-21-8-6-18(12-22(21)35-26)29-25(33)19-7-5-17(27)11-20(19)28/h5-12,16H,1-4H3,(H,29,33)(H,31,32)/t16-/m0/s1. The van der Waals surface area contributed by atoms with E-state index >= 15 is 0 Å². The molecule has 0 spiro atoms.